The predicted octanol–water partition coefficient (Wildman–Crippen LogP) is 1.12. The van der Waals surface area contributed by atoms with Gasteiger partial charge < -0.3 is 10.6 Å². The van der Waals surface area contributed by atoms with Crippen molar-refractivity contribution in [2.24, 2.45) is 0 Å². The van der Waals surface area contributed by atoms with E-state index in [9.17, 15) is 4.79 Å². The van der Waals surface area contributed by atoms with Crippen LogP contribution in [0.1, 0.15) is 30.9 Å². The van der Waals surface area contributed by atoms with E-state index in [-0.39, 0.29) is 18.0 Å². The lowest BCUT2D eigenvalue weighted by molar-refractivity contribution is -0.123. The SMILES string of the molecule is O=C(NC1CCNCC1)C1CC(c2ccc(Cl)cc2)NN1. The van der Waals surface area contributed by atoms with Crippen LogP contribution in [0.2, 0.25) is 5.02 Å². The maximum absolute atomic E-state index is 12.3. The third-order valence-electron chi connectivity index (χ3n) is 4.18. The van der Waals surface area contributed by atoms with Crippen molar-refractivity contribution >= 4 is 17.5 Å². The molecule has 3 rings (SSSR count). The zero-order valence-electron chi connectivity index (χ0n) is 11.9. The molecule has 0 saturated carbocycles. The first kappa shape index (κ1) is 14.8. The molecule has 0 aromatic heterocycles. The summed E-state index contributed by atoms with van der Waals surface area (Å²) in [5.41, 5.74) is 7.44. The molecule has 1 amide bonds. The third kappa shape index (κ3) is 3.74. The molecule has 2 unspecified atom stereocenters. The van der Waals surface area contributed by atoms with Crippen molar-refractivity contribution in [1.82, 2.24) is 21.5 Å². The number of rotatable bonds is 3. The van der Waals surface area contributed by atoms with E-state index in [1.54, 1.807) is 0 Å². The lowest BCUT2D eigenvalue weighted by Gasteiger charge is -2.24. The first-order valence-electron chi connectivity index (χ1n) is 7.50. The second kappa shape index (κ2) is 6.75. The van der Waals surface area contributed by atoms with Crippen LogP contribution in [0.5, 0.6) is 0 Å². The highest BCUT2D eigenvalue weighted by atomic mass is 35.5. The Morgan fingerprint density at radius 2 is 1.86 bits per heavy atom. The average molecular weight is 309 g/mol. The quantitative estimate of drug-likeness (QED) is 0.675. The van der Waals surface area contributed by atoms with Gasteiger partial charge in [-0.15, -0.1) is 0 Å². The fourth-order valence-electron chi connectivity index (χ4n) is 2.91. The first-order chi connectivity index (χ1) is 10.2. The molecule has 21 heavy (non-hydrogen) atoms. The maximum Gasteiger partial charge on any atom is 0.238 e. The molecule has 4 N–H and O–H groups in total. The van der Waals surface area contributed by atoms with Crippen molar-refractivity contribution in [2.75, 3.05) is 13.1 Å². The van der Waals surface area contributed by atoms with Crippen LogP contribution in [0.4, 0.5) is 0 Å². The number of amides is 1. The molecule has 2 aliphatic heterocycles. The van der Waals surface area contributed by atoms with Gasteiger partial charge >= 0.3 is 0 Å². The van der Waals surface area contributed by atoms with Gasteiger partial charge in [-0.05, 0) is 50.0 Å². The van der Waals surface area contributed by atoms with Crippen LogP contribution < -0.4 is 21.5 Å². The van der Waals surface area contributed by atoms with Crippen LogP contribution in [0, 0.1) is 0 Å². The molecule has 0 aliphatic carbocycles. The van der Waals surface area contributed by atoms with Gasteiger partial charge in [0.2, 0.25) is 5.91 Å². The third-order valence-corrected chi connectivity index (χ3v) is 4.43. The molecule has 2 saturated heterocycles. The van der Waals surface area contributed by atoms with E-state index in [0.29, 0.717) is 6.04 Å². The molecule has 2 heterocycles. The Hall–Kier alpha value is -1.14. The van der Waals surface area contributed by atoms with Crippen molar-refractivity contribution in [3.8, 4) is 0 Å². The fourth-order valence-corrected chi connectivity index (χ4v) is 3.04. The van der Waals surface area contributed by atoms with Crippen LogP contribution in [0.25, 0.3) is 0 Å². The number of halogens is 1. The van der Waals surface area contributed by atoms with Gasteiger partial charge in [-0.2, -0.15) is 0 Å². The van der Waals surface area contributed by atoms with Gasteiger partial charge in [0, 0.05) is 17.1 Å². The Balaban J connectivity index is 1.53. The summed E-state index contributed by atoms with van der Waals surface area (Å²) in [7, 11) is 0. The molecule has 2 atom stereocenters. The Morgan fingerprint density at radius 1 is 1.14 bits per heavy atom. The van der Waals surface area contributed by atoms with E-state index < -0.39 is 0 Å². The van der Waals surface area contributed by atoms with Crippen LogP contribution in [-0.4, -0.2) is 31.1 Å². The number of hydrogen-bond donors (Lipinski definition) is 4. The summed E-state index contributed by atoms with van der Waals surface area (Å²) >= 11 is 5.90. The molecule has 0 radical (unpaired) electrons. The summed E-state index contributed by atoms with van der Waals surface area (Å²) in [6.45, 7) is 1.96. The van der Waals surface area contributed by atoms with Crippen LogP contribution in [0.15, 0.2) is 24.3 Å². The van der Waals surface area contributed by atoms with E-state index in [1.165, 1.54) is 0 Å². The number of benzene rings is 1. The largest absolute Gasteiger partial charge is 0.352 e. The molecular weight excluding hydrogens is 288 g/mol. The van der Waals surface area contributed by atoms with Gasteiger partial charge in [0.15, 0.2) is 0 Å². The molecule has 0 spiro atoms. The summed E-state index contributed by atoms with van der Waals surface area (Å²) in [4.78, 5) is 12.3. The lowest BCUT2D eigenvalue weighted by Crippen LogP contribution is -2.49. The van der Waals surface area contributed by atoms with Gasteiger partial charge in [-0.1, -0.05) is 23.7 Å². The highest BCUT2D eigenvalue weighted by molar-refractivity contribution is 6.30. The number of piperidine rings is 1. The number of carbonyl (C=O) groups excluding carboxylic acids is 1. The summed E-state index contributed by atoms with van der Waals surface area (Å²) < 4.78 is 0. The highest BCUT2D eigenvalue weighted by Gasteiger charge is 2.31. The summed E-state index contributed by atoms with van der Waals surface area (Å²) in [6, 6.07) is 8.01. The lowest BCUT2D eigenvalue weighted by atomic mass is 10.0. The van der Waals surface area contributed by atoms with Crippen molar-refractivity contribution in [3.05, 3.63) is 34.9 Å². The Labute approximate surface area is 129 Å². The smallest absolute Gasteiger partial charge is 0.238 e. The van der Waals surface area contributed by atoms with Crippen LogP contribution in [0.3, 0.4) is 0 Å². The maximum atomic E-state index is 12.3. The first-order valence-corrected chi connectivity index (χ1v) is 7.88. The van der Waals surface area contributed by atoms with Crippen molar-refractivity contribution in [2.45, 2.75) is 37.4 Å². The minimum atomic E-state index is -0.180. The summed E-state index contributed by atoms with van der Waals surface area (Å²) in [5.74, 6) is 0.0888. The average Bonchev–Trinajstić information content (AvgIpc) is 2.99. The van der Waals surface area contributed by atoms with Crippen molar-refractivity contribution in [1.29, 1.82) is 0 Å². The van der Waals surface area contributed by atoms with Crippen molar-refractivity contribution in [3.63, 3.8) is 0 Å². The molecule has 0 bridgehead atoms. The summed E-state index contributed by atoms with van der Waals surface area (Å²) in [6.07, 6.45) is 2.76. The molecular formula is C15H21ClN4O. The molecule has 2 aliphatic rings. The minimum Gasteiger partial charge on any atom is -0.352 e. The zero-order chi connectivity index (χ0) is 14.7. The Morgan fingerprint density at radius 3 is 2.57 bits per heavy atom. The van der Waals surface area contributed by atoms with Gasteiger partial charge in [-0.3, -0.25) is 4.79 Å². The standard InChI is InChI=1S/C15H21ClN4O/c16-11-3-1-10(2-4-11)13-9-14(20-19-13)15(21)18-12-5-7-17-8-6-12/h1-4,12-14,17,19-20H,5-9H2,(H,18,21). The van der Waals surface area contributed by atoms with Crippen LogP contribution in [-0.2, 0) is 4.79 Å². The monoisotopic (exact) mass is 308 g/mol. The van der Waals surface area contributed by atoms with Gasteiger partial charge in [-0.25, -0.2) is 10.9 Å². The van der Waals surface area contributed by atoms with E-state index in [2.05, 4.69) is 21.5 Å². The summed E-state index contributed by atoms with van der Waals surface area (Å²) in [5, 5.41) is 7.17. The van der Waals surface area contributed by atoms with Crippen molar-refractivity contribution < 1.29 is 4.79 Å². The number of nitrogens with one attached hydrogen (secondary N) is 4. The molecule has 6 heteroatoms. The molecule has 5 nitrogen and oxygen atoms in total. The number of hydrogen-bond acceptors (Lipinski definition) is 4. The molecule has 2 fully saturated rings. The molecule has 114 valence electrons. The van der Waals surface area contributed by atoms with E-state index in [4.69, 9.17) is 11.6 Å². The van der Waals surface area contributed by atoms with E-state index in [1.807, 2.05) is 24.3 Å². The van der Waals surface area contributed by atoms with Gasteiger partial charge in [0.25, 0.3) is 0 Å². The number of hydrazine groups is 1. The van der Waals surface area contributed by atoms with E-state index >= 15 is 0 Å². The Kier molecular flexibility index (Phi) is 4.75. The second-order valence-corrected chi connectivity index (χ2v) is 6.15. The molecule has 1 aromatic rings. The minimum absolute atomic E-state index is 0.0888. The predicted molar refractivity (Wildman–Crippen MR) is 82.9 cm³/mol. The normalized spacial score (nSPS) is 26.7. The molecule has 1 aromatic carbocycles. The van der Waals surface area contributed by atoms with E-state index in [0.717, 1.165) is 42.9 Å². The Bertz CT molecular complexity index is 487. The fraction of sp³-hybridized carbons (Fsp3) is 0.533. The van der Waals surface area contributed by atoms with Gasteiger partial charge in [0.05, 0.1) is 0 Å². The van der Waals surface area contributed by atoms with Gasteiger partial charge in [0.1, 0.15) is 6.04 Å². The topological polar surface area (TPSA) is 65.2 Å². The second-order valence-electron chi connectivity index (χ2n) is 5.71. The highest BCUT2D eigenvalue weighted by Crippen LogP contribution is 2.23. The van der Waals surface area contributed by atoms with Crippen LogP contribution >= 0.6 is 11.6 Å². The number of carbonyl (C=O) groups is 1. The zero-order valence-corrected chi connectivity index (χ0v) is 12.6.